The van der Waals surface area contributed by atoms with Gasteiger partial charge in [0.15, 0.2) is 0 Å². The highest BCUT2D eigenvalue weighted by Gasteiger charge is 2.22. The van der Waals surface area contributed by atoms with Crippen molar-refractivity contribution in [2.75, 3.05) is 14.2 Å². The first-order valence-electron chi connectivity index (χ1n) is 14.9. The molecule has 218 valence electrons. The molecule has 1 aliphatic rings. The van der Waals surface area contributed by atoms with Crippen LogP contribution in [0.25, 0.3) is 22.0 Å². The van der Waals surface area contributed by atoms with E-state index in [9.17, 15) is 4.79 Å². The lowest BCUT2D eigenvalue weighted by atomic mass is 10.0. The molecule has 0 bridgehead atoms. The van der Waals surface area contributed by atoms with Crippen LogP contribution in [-0.2, 0) is 13.1 Å². The molecule has 40 heavy (non-hydrogen) atoms. The third-order valence-electron chi connectivity index (χ3n) is 6.52. The summed E-state index contributed by atoms with van der Waals surface area (Å²) in [6.45, 7) is 20.3. The van der Waals surface area contributed by atoms with Gasteiger partial charge in [0.2, 0.25) is 0 Å². The standard InChI is InChI=1S/C20H24N2O.C9H9NO.3C2H6/c1-5-6-12-22-15(3)20(16-8-7-9-17(13-16)23-4)19-14(2)21-11-10-18(19)22;1-10-6-7-4-2-3-5-8(7)9(10)11;3*1-2/h7-11,13H,5-6,12H2,1-4H3;2-5H,6H2,1H3;3*1-2H3. The maximum Gasteiger partial charge on any atom is 0.254 e. The zero-order valence-corrected chi connectivity index (χ0v) is 26.8. The number of benzene rings is 2. The van der Waals surface area contributed by atoms with Crippen LogP contribution in [0.4, 0.5) is 0 Å². The third kappa shape index (κ3) is 7.97. The van der Waals surface area contributed by atoms with Gasteiger partial charge in [0.1, 0.15) is 5.75 Å². The first-order chi connectivity index (χ1) is 19.5. The number of methoxy groups -OCH3 is 1. The van der Waals surface area contributed by atoms with Crippen molar-refractivity contribution in [2.24, 2.45) is 0 Å². The van der Waals surface area contributed by atoms with E-state index in [0.717, 1.165) is 35.7 Å². The average molecular weight is 546 g/mol. The zero-order valence-electron chi connectivity index (χ0n) is 26.8. The molecule has 0 saturated carbocycles. The topological polar surface area (TPSA) is 47.4 Å². The summed E-state index contributed by atoms with van der Waals surface area (Å²) in [6, 6.07) is 18.2. The van der Waals surface area contributed by atoms with Crippen molar-refractivity contribution >= 4 is 16.8 Å². The average Bonchev–Trinajstić information content (AvgIpc) is 3.47. The second kappa shape index (κ2) is 17.9. The Bertz CT molecular complexity index is 1320. The van der Waals surface area contributed by atoms with Crippen LogP contribution in [0.3, 0.4) is 0 Å². The molecule has 2 aromatic heterocycles. The number of hydrogen-bond donors (Lipinski definition) is 0. The molecule has 0 atom stereocenters. The molecule has 4 aromatic rings. The summed E-state index contributed by atoms with van der Waals surface area (Å²) in [5.74, 6) is 1.03. The molecule has 0 aliphatic carbocycles. The van der Waals surface area contributed by atoms with E-state index in [1.165, 1.54) is 40.6 Å². The van der Waals surface area contributed by atoms with Gasteiger partial charge < -0.3 is 14.2 Å². The lowest BCUT2D eigenvalue weighted by Crippen LogP contribution is -2.17. The number of unbranched alkanes of at least 4 members (excludes halogenated alkanes) is 1. The number of rotatable bonds is 5. The number of carbonyl (C=O) groups excluding carboxylic acids is 1. The van der Waals surface area contributed by atoms with E-state index < -0.39 is 0 Å². The Morgan fingerprint density at radius 2 is 1.60 bits per heavy atom. The van der Waals surface area contributed by atoms with E-state index in [2.05, 4.69) is 54.6 Å². The highest BCUT2D eigenvalue weighted by Crippen LogP contribution is 2.37. The number of ether oxygens (including phenoxy) is 1. The maximum absolute atomic E-state index is 11.3. The number of aryl methyl sites for hydroxylation is 2. The number of aromatic nitrogens is 2. The number of amides is 1. The van der Waals surface area contributed by atoms with Crippen LogP contribution in [0.15, 0.2) is 60.8 Å². The molecule has 5 nitrogen and oxygen atoms in total. The molecule has 1 aliphatic heterocycles. The molecular formula is C35H51N3O2. The van der Waals surface area contributed by atoms with E-state index in [0.29, 0.717) is 0 Å². The third-order valence-corrected chi connectivity index (χ3v) is 6.52. The highest BCUT2D eigenvalue weighted by atomic mass is 16.5. The second-order valence-corrected chi connectivity index (χ2v) is 8.81. The molecule has 0 spiro atoms. The summed E-state index contributed by atoms with van der Waals surface area (Å²) in [5, 5.41) is 1.26. The quantitative estimate of drug-likeness (QED) is 0.251. The lowest BCUT2D eigenvalue weighted by molar-refractivity contribution is 0.0816. The van der Waals surface area contributed by atoms with E-state index in [-0.39, 0.29) is 5.91 Å². The fraction of sp³-hybridized carbons (Fsp3) is 0.429. The maximum atomic E-state index is 11.3. The Morgan fingerprint density at radius 3 is 2.23 bits per heavy atom. The zero-order chi connectivity index (χ0) is 30.2. The summed E-state index contributed by atoms with van der Waals surface area (Å²) in [4.78, 5) is 17.6. The SMILES string of the molecule is CC.CC.CC.CCCCn1c(C)c(-c2cccc(OC)c2)c2c(C)nccc21.CN1Cc2ccccc2C1=O. The van der Waals surface area contributed by atoms with Crippen molar-refractivity contribution < 1.29 is 9.53 Å². The number of pyridine rings is 1. The minimum absolute atomic E-state index is 0.139. The lowest BCUT2D eigenvalue weighted by Gasteiger charge is -2.08. The van der Waals surface area contributed by atoms with Gasteiger partial charge in [-0.1, -0.05) is 85.2 Å². The largest absolute Gasteiger partial charge is 0.497 e. The predicted molar refractivity (Wildman–Crippen MR) is 172 cm³/mol. The van der Waals surface area contributed by atoms with Crippen molar-refractivity contribution in [1.82, 2.24) is 14.5 Å². The van der Waals surface area contributed by atoms with Gasteiger partial charge in [0.05, 0.1) is 12.6 Å². The van der Waals surface area contributed by atoms with Gasteiger partial charge in [-0.05, 0) is 55.7 Å². The van der Waals surface area contributed by atoms with Crippen molar-refractivity contribution in [3.8, 4) is 16.9 Å². The van der Waals surface area contributed by atoms with Crippen LogP contribution in [-0.4, -0.2) is 34.5 Å². The van der Waals surface area contributed by atoms with Gasteiger partial charge in [0.25, 0.3) is 5.91 Å². The molecule has 0 N–H and O–H groups in total. The van der Waals surface area contributed by atoms with Crippen molar-refractivity contribution in [3.05, 3.63) is 83.3 Å². The molecule has 2 aromatic carbocycles. The van der Waals surface area contributed by atoms with Gasteiger partial charge >= 0.3 is 0 Å². The smallest absolute Gasteiger partial charge is 0.254 e. The molecule has 0 saturated heterocycles. The van der Waals surface area contributed by atoms with Crippen molar-refractivity contribution in [3.63, 3.8) is 0 Å². The number of nitrogens with zero attached hydrogens (tertiary/aromatic N) is 3. The van der Waals surface area contributed by atoms with Gasteiger partial charge in [-0.25, -0.2) is 0 Å². The number of carbonyl (C=O) groups is 1. The highest BCUT2D eigenvalue weighted by molar-refractivity contribution is 6.00. The first kappa shape index (κ1) is 34.4. The van der Waals surface area contributed by atoms with Crippen LogP contribution >= 0.6 is 0 Å². The van der Waals surface area contributed by atoms with Crippen LogP contribution in [0, 0.1) is 13.8 Å². The van der Waals surface area contributed by atoms with Gasteiger partial charge in [-0.15, -0.1) is 0 Å². The first-order valence-corrected chi connectivity index (χ1v) is 14.9. The van der Waals surface area contributed by atoms with E-state index in [1.54, 1.807) is 12.0 Å². The summed E-state index contributed by atoms with van der Waals surface area (Å²) in [5.41, 5.74) is 8.13. The Labute approximate surface area is 243 Å². The number of fused-ring (bicyclic) bond motifs is 2. The van der Waals surface area contributed by atoms with Gasteiger partial charge in [-0.2, -0.15) is 0 Å². The molecule has 0 unspecified atom stereocenters. The second-order valence-electron chi connectivity index (χ2n) is 8.81. The fourth-order valence-corrected chi connectivity index (χ4v) is 4.72. The van der Waals surface area contributed by atoms with Crippen molar-refractivity contribution in [2.45, 2.75) is 88.2 Å². The van der Waals surface area contributed by atoms with Crippen LogP contribution < -0.4 is 4.74 Å². The van der Waals surface area contributed by atoms with Gasteiger partial charge in [-0.3, -0.25) is 9.78 Å². The number of hydrogen-bond acceptors (Lipinski definition) is 3. The van der Waals surface area contributed by atoms with E-state index >= 15 is 0 Å². The Hall–Kier alpha value is -3.60. The Morgan fingerprint density at radius 1 is 0.925 bits per heavy atom. The Balaban J connectivity index is 0.000000393. The fourth-order valence-electron chi connectivity index (χ4n) is 4.72. The molecule has 0 radical (unpaired) electrons. The van der Waals surface area contributed by atoms with Crippen LogP contribution in [0.1, 0.15) is 88.6 Å². The van der Waals surface area contributed by atoms with Crippen LogP contribution in [0.2, 0.25) is 0 Å². The molecule has 5 heteroatoms. The molecular weight excluding hydrogens is 494 g/mol. The van der Waals surface area contributed by atoms with Crippen molar-refractivity contribution in [1.29, 1.82) is 0 Å². The van der Waals surface area contributed by atoms with E-state index in [1.807, 2.05) is 85.1 Å². The van der Waals surface area contributed by atoms with E-state index in [4.69, 9.17) is 4.74 Å². The summed E-state index contributed by atoms with van der Waals surface area (Å²) in [6.07, 6.45) is 4.29. The van der Waals surface area contributed by atoms with Gasteiger partial charge in [0, 0.05) is 54.2 Å². The normalized spacial score (nSPS) is 11.1. The Kier molecular flexibility index (Phi) is 15.4. The minimum Gasteiger partial charge on any atom is -0.497 e. The molecule has 3 heterocycles. The molecule has 0 fully saturated rings. The monoisotopic (exact) mass is 545 g/mol. The van der Waals surface area contributed by atoms with Crippen LogP contribution in [0.5, 0.6) is 5.75 Å². The summed E-state index contributed by atoms with van der Waals surface area (Å²) >= 11 is 0. The minimum atomic E-state index is 0.139. The summed E-state index contributed by atoms with van der Waals surface area (Å²) in [7, 11) is 3.53. The predicted octanol–water partition coefficient (Wildman–Crippen LogP) is 9.48. The molecule has 1 amide bonds. The molecule has 5 rings (SSSR count). The summed E-state index contributed by atoms with van der Waals surface area (Å²) < 4.78 is 7.84.